The molecule has 3 aromatic rings. The Morgan fingerprint density at radius 3 is 2.08 bits per heavy atom. The van der Waals surface area contributed by atoms with Crippen molar-refractivity contribution in [1.29, 1.82) is 0 Å². The molecule has 12 nitrogen and oxygen atoms in total. The van der Waals surface area contributed by atoms with Crippen molar-refractivity contribution in [1.82, 2.24) is 4.90 Å². The van der Waals surface area contributed by atoms with E-state index in [2.05, 4.69) is 10.2 Å². The third-order valence-electron chi connectivity index (χ3n) is 10.6. The van der Waals surface area contributed by atoms with Crippen molar-refractivity contribution in [3.05, 3.63) is 77.9 Å². The molecule has 4 aliphatic rings. The first-order chi connectivity index (χ1) is 24.3. The van der Waals surface area contributed by atoms with Crippen molar-refractivity contribution in [3.8, 4) is 17.2 Å². The fraction of sp³-hybridized carbons (Fsp3) is 0.351. The lowest BCUT2D eigenvalue weighted by molar-refractivity contribution is -0.138. The number of hydrogen-bond acceptors (Lipinski definition) is 10. The highest BCUT2D eigenvalue weighted by atomic mass is 35.5. The minimum atomic E-state index is -2.08. The Bertz CT molecular complexity index is 2040. The van der Waals surface area contributed by atoms with E-state index >= 15 is 0 Å². The van der Waals surface area contributed by atoms with Crippen LogP contribution < -0.4 is 19.3 Å². The summed E-state index contributed by atoms with van der Waals surface area (Å²) in [4.78, 5) is 56.0. The largest absolute Gasteiger partial charge is 0.507 e. The van der Waals surface area contributed by atoms with E-state index < -0.39 is 57.0 Å². The Labute approximate surface area is 304 Å². The molecule has 0 unspecified atom stereocenters. The van der Waals surface area contributed by atoms with E-state index in [-0.39, 0.29) is 35.7 Å². The van der Waals surface area contributed by atoms with Crippen LogP contribution in [0.1, 0.15) is 24.3 Å². The lowest BCUT2D eigenvalue weighted by Gasteiger charge is -2.51. The predicted molar refractivity (Wildman–Crippen MR) is 191 cm³/mol. The van der Waals surface area contributed by atoms with Gasteiger partial charge < -0.3 is 19.5 Å². The van der Waals surface area contributed by atoms with E-state index in [0.29, 0.717) is 22.6 Å². The van der Waals surface area contributed by atoms with E-state index in [0.717, 1.165) is 15.5 Å². The maximum atomic E-state index is 14.4. The zero-order valence-electron chi connectivity index (χ0n) is 28.5. The van der Waals surface area contributed by atoms with Crippen LogP contribution in [0.15, 0.2) is 82.5 Å². The van der Waals surface area contributed by atoms with E-state index in [9.17, 15) is 24.3 Å². The third kappa shape index (κ3) is 5.02. The zero-order valence-corrected chi connectivity index (χ0v) is 30.0. The number of phenolic OH excluding ortho intramolecular Hbond substituents is 1. The number of halogens is 2. The van der Waals surface area contributed by atoms with Gasteiger partial charge in [0.05, 0.1) is 43.1 Å². The van der Waals surface area contributed by atoms with Crippen molar-refractivity contribution >= 4 is 69.6 Å². The van der Waals surface area contributed by atoms with Crippen molar-refractivity contribution in [2.75, 3.05) is 45.2 Å². The van der Waals surface area contributed by atoms with Gasteiger partial charge in [-0.25, -0.2) is 0 Å². The molecule has 0 aromatic heterocycles. The second kappa shape index (κ2) is 12.4. The van der Waals surface area contributed by atoms with Crippen LogP contribution in [-0.4, -0.2) is 78.7 Å². The first-order valence-corrected chi connectivity index (χ1v) is 17.0. The van der Waals surface area contributed by atoms with Gasteiger partial charge in [-0.1, -0.05) is 11.6 Å². The number of carbonyl (C=O) groups is 4. The van der Waals surface area contributed by atoms with Gasteiger partial charge in [0, 0.05) is 50.4 Å². The molecule has 0 radical (unpaired) electrons. The average molecular weight is 733 g/mol. The molecule has 3 aromatic carbocycles. The molecule has 2 aliphatic heterocycles. The van der Waals surface area contributed by atoms with Crippen LogP contribution in [0.25, 0.3) is 0 Å². The molecule has 264 valence electrons. The van der Waals surface area contributed by atoms with Gasteiger partial charge >= 0.3 is 0 Å². The highest BCUT2D eigenvalue weighted by molar-refractivity contribution is 6.53. The van der Waals surface area contributed by atoms with Crippen LogP contribution in [0.2, 0.25) is 0 Å². The van der Waals surface area contributed by atoms with Gasteiger partial charge in [0.2, 0.25) is 11.8 Å². The van der Waals surface area contributed by atoms with Crippen LogP contribution in [0, 0.1) is 17.8 Å². The summed E-state index contributed by atoms with van der Waals surface area (Å²) in [6.07, 6.45) is 1.77. The monoisotopic (exact) mass is 731 g/mol. The topological polar surface area (TPSA) is 141 Å². The quantitative estimate of drug-likeness (QED) is 0.133. The van der Waals surface area contributed by atoms with Gasteiger partial charge in [-0.2, -0.15) is 10.2 Å². The smallest absolute Gasteiger partial charge is 0.253 e. The van der Waals surface area contributed by atoms with Crippen LogP contribution in [0.5, 0.6) is 17.2 Å². The fourth-order valence-electron chi connectivity index (χ4n) is 8.08. The predicted octanol–water partition coefficient (Wildman–Crippen LogP) is 6.08. The fourth-order valence-corrected chi connectivity index (χ4v) is 9.08. The number of azo groups is 1. The molecule has 14 heteroatoms. The molecule has 1 N–H and O–H groups in total. The number of benzene rings is 3. The Morgan fingerprint density at radius 2 is 1.49 bits per heavy atom. The normalized spacial score (nSPS) is 28.5. The number of phenols is 1. The third-order valence-corrected chi connectivity index (χ3v) is 12.0. The molecule has 2 saturated heterocycles. The molecular formula is C37H35Cl2N5O7. The minimum Gasteiger partial charge on any atom is -0.507 e. The maximum absolute atomic E-state index is 14.4. The lowest BCUT2D eigenvalue weighted by Crippen LogP contribution is -2.60. The number of carbonyl (C=O) groups excluding carboxylic acids is 4. The number of fused-ring (bicyclic) bond motifs is 4. The van der Waals surface area contributed by atoms with Gasteiger partial charge in [0.15, 0.2) is 9.75 Å². The first kappa shape index (κ1) is 34.5. The SMILES string of the molecule is COc1cc(O)c([C@H]2C3=CC[C@@H]4C(=O)N(c5ccc(N=Nc6ccc(N(C)C)cc6)cc5)C(=O)[C@@H]4[C@@H]3C[C@@]3(Cl)C(=O)N(C)C(=O)[C@@]23Cl)c(OC)c1. The molecular weight excluding hydrogens is 697 g/mol. The van der Waals surface area contributed by atoms with Crippen molar-refractivity contribution in [2.24, 2.45) is 28.0 Å². The number of rotatable bonds is 7. The Morgan fingerprint density at radius 1 is 0.863 bits per heavy atom. The van der Waals surface area contributed by atoms with E-state index in [4.69, 9.17) is 32.7 Å². The molecule has 1 saturated carbocycles. The van der Waals surface area contributed by atoms with Gasteiger partial charge in [0.25, 0.3) is 11.8 Å². The number of hydrogen-bond donors (Lipinski definition) is 1. The number of allylic oxidation sites excluding steroid dienone is 2. The molecule has 0 bridgehead atoms. The number of methoxy groups -OCH3 is 2. The average Bonchev–Trinajstić information content (AvgIpc) is 3.45. The second-order valence-electron chi connectivity index (χ2n) is 13.4. The van der Waals surface area contributed by atoms with E-state index in [1.54, 1.807) is 30.3 Å². The summed E-state index contributed by atoms with van der Waals surface area (Å²) >= 11 is 14.5. The van der Waals surface area contributed by atoms with Crippen LogP contribution in [0.3, 0.4) is 0 Å². The van der Waals surface area contributed by atoms with Gasteiger partial charge in [-0.3, -0.25) is 29.0 Å². The molecule has 7 rings (SSSR count). The van der Waals surface area contributed by atoms with Crippen molar-refractivity contribution in [2.45, 2.75) is 28.5 Å². The number of amides is 4. The highest BCUT2D eigenvalue weighted by Gasteiger charge is 2.76. The van der Waals surface area contributed by atoms with E-state index in [1.165, 1.54) is 33.4 Å². The summed E-state index contributed by atoms with van der Waals surface area (Å²) in [6.45, 7) is 0. The minimum absolute atomic E-state index is 0.121. The van der Waals surface area contributed by atoms with Gasteiger partial charge in [-0.15, -0.1) is 23.2 Å². The van der Waals surface area contributed by atoms with Gasteiger partial charge in [-0.05, 0) is 67.3 Å². The number of ether oxygens (including phenoxy) is 2. The molecule has 4 amide bonds. The number of imide groups is 2. The molecule has 51 heavy (non-hydrogen) atoms. The van der Waals surface area contributed by atoms with Crippen LogP contribution in [-0.2, 0) is 19.2 Å². The molecule has 0 spiro atoms. The summed E-state index contributed by atoms with van der Waals surface area (Å²) in [5, 5.41) is 20.0. The number of alkyl halides is 2. The lowest BCUT2D eigenvalue weighted by atomic mass is 9.56. The Kier molecular flexibility index (Phi) is 8.38. The van der Waals surface area contributed by atoms with Crippen LogP contribution in [0.4, 0.5) is 22.7 Å². The Hall–Kier alpha value is -4.94. The number of anilines is 2. The van der Waals surface area contributed by atoms with E-state index in [1.807, 2.05) is 43.3 Å². The number of likely N-dealkylation sites (tertiary alicyclic amines) is 1. The van der Waals surface area contributed by atoms with Crippen LogP contribution >= 0.6 is 23.2 Å². The zero-order chi connectivity index (χ0) is 36.6. The molecule has 2 aliphatic carbocycles. The molecule has 3 fully saturated rings. The maximum Gasteiger partial charge on any atom is 0.253 e. The summed E-state index contributed by atoms with van der Waals surface area (Å²) in [7, 11) is 8.01. The summed E-state index contributed by atoms with van der Waals surface area (Å²) in [5.41, 5.74) is 3.22. The van der Waals surface area contributed by atoms with Crippen molar-refractivity contribution in [3.63, 3.8) is 0 Å². The highest BCUT2D eigenvalue weighted by Crippen LogP contribution is 2.67. The standard InChI is InChI=1S/C37H35Cl2N5O7/c1-42(2)21-10-6-19(7-11-21)40-41-20-8-12-22(13-9-20)44-32(46)25-15-14-24-26(29(25)33(44)47)18-36(38)34(48)43(3)35(49)37(36,39)31(24)30-27(45)16-23(50-4)17-28(30)51-5/h6-14,16-17,25-26,29,31,45H,15,18H2,1-5H3/t25-,26+,29-,31+,36+,37-/m0/s1. The van der Waals surface area contributed by atoms with Gasteiger partial charge in [0.1, 0.15) is 17.2 Å². The Balaban J connectivity index is 1.24. The first-order valence-electron chi connectivity index (χ1n) is 16.3. The summed E-state index contributed by atoms with van der Waals surface area (Å²) in [6, 6.07) is 17.1. The second-order valence-corrected chi connectivity index (χ2v) is 14.6. The molecule has 6 atom stereocenters. The van der Waals surface area contributed by atoms with Crippen molar-refractivity contribution < 1.29 is 33.8 Å². The number of aromatic hydroxyl groups is 1. The molecule has 2 heterocycles. The number of nitrogens with zero attached hydrogens (tertiary/aromatic N) is 5. The summed E-state index contributed by atoms with van der Waals surface area (Å²) in [5.74, 6) is -5.84. The summed E-state index contributed by atoms with van der Waals surface area (Å²) < 4.78 is 11.0.